The second kappa shape index (κ2) is 5.48. The molecular formula is C15H18N2O2S. The molecule has 0 saturated carbocycles. The van der Waals surface area contributed by atoms with Gasteiger partial charge in [0, 0.05) is 29.7 Å². The highest BCUT2D eigenvalue weighted by Gasteiger charge is 2.34. The average molecular weight is 290 g/mol. The van der Waals surface area contributed by atoms with Crippen molar-refractivity contribution in [1.29, 1.82) is 0 Å². The molecule has 2 aliphatic rings. The van der Waals surface area contributed by atoms with Crippen molar-refractivity contribution in [1.82, 2.24) is 4.90 Å². The van der Waals surface area contributed by atoms with Crippen LogP contribution in [0, 0.1) is 5.92 Å². The Kier molecular flexibility index (Phi) is 3.70. The fourth-order valence-corrected chi connectivity index (χ4v) is 4.19. The Morgan fingerprint density at radius 1 is 1.20 bits per heavy atom. The molecule has 0 aliphatic carbocycles. The lowest BCUT2D eigenvalue weighted by Crippen LogP contribution is -2.43. The van der Waals surface area contributed by atoms with Crippen LogP contribution in [-0.4, -0.2) is 35.6 Å². The second-order valence-electron chi connectivity index (χ2n) is 5.40. The number of hydrogen-bond donors (Lipinski definition) is 1. The third-order valence-corrected chi connectivity index (χ3v) is 5.39. The van der Waals surface area contributed by atoms with Crippen LogP contribution in [0.25, 0.3) is 0 Å². The second-order valence-corrected chi connectivity index (χ2v) is 6.47. The van der Waals surface area contributed by atoms with Crippen LogP contribution < -0.4 is 5.73 Å². The molecule has 1 aromatic rings. The van der Waals surface area contributed by atoms with Gasteiger partial charge in [-0.25, -0.2) is 0 Å². The summed E-state index contributed by atoms with van der Waals surface area (Å²) in [6.07, 6.45) is 1.39. The summed E-state index contributed by atoms with van der Waals surface area (Å²) in [7, 11) is 0. The number of likely N-dealkylation sites (tertiary alicyclic amines) is 1. The van der Waals surface area contributed by atoms with Crippen LogP contribution in [0.4, 0.5) is 0 Å². The van der Waals surface area contributed by atoms with E-state index in [4.69, 9.17) is 5.73 Å². The Bertz CT molecular complexity index is 538. The minimum Gasteiger partial charge on any atom is -0.369 e. The van der Waals surface area contributed by atoms with Crippen molar-refractivity contribution in [2.75, 3.05) is 18.8 Å². The molecule has 3 rings (SSSR count). The first kappa shape index (κ1) is 13.5. The largest absolute Gasteiger partial charge is 0.369 e. The molecule has 0 radical (unpaired) electrons. The fourth-order valence-electron chi connectivity index (χ4n) is 2.97. The van der Waals surface area contributed by atoms with Crippen molar-refractivity contribution in [3.05, 3.63) is 29.8 Å². The van der Waals surface area contributed by atoms with Gasteiger partial charge in [0.1, 0.15) is 0 Å². The Labute approximate surface area is 122 Å². The van der Waals surface area contributed by atoms with Crippen LogP contribution in [0.5, 0.6) is 0 Å². The molecular weight excluding hydrogens is 272 g/mol. The van der Waals surface area contributed by atoms with Crippen molar-refractivity contribution < 1.29 is 9.59 Å². The van der Waals surface area contributed by atoms with Crippen LogP contribution in [-0.2, 0) is 9.59 Å². The number of nitrogens with two attached hydrogens (primary N) is 1. The van der Waals surface area contributed by atoms with Crippen LogP contribution >= 0.6 is 11.8 Å². The predicted molar refractivity (Wildman–Crippen MR) is 78.4 cm³/mol. The number of hydrogen-bond acceptors (Lipinski definition) is 3. The molecule has 1 atom stereocenters. The number of amides is 2. The van der Waals surface area contributed by atoms with Crippen molar-refractivity contribution >= 4 is 23.6 Å². The molecule has 20 heavy (non-hydrogen) atoms. The Balaban J connectivity index is 1.68. The van der Waals surface area contributed by atoms with E-state index < -0.39 is 0 Å². The van der Waals surface area contributed by atoms with E-state index in [1.165, 1.54) is 4.90 Å². The first-order valence-corrected chi connectivity index (χ1v) is 7.95. The molecule has 2 N–H and O–H groups in total. The van der Waals surface area contributed by atoms with E-state index in [0.29, 0.717) is 25.9 Å². The van der Waals surface area contributed by atoms with Crippen molar-refractivity contribution in [3.8, 4) is 0 Å². The molecule has 1 aromatic carbocycles. The van der Waals surface area contributed by atoms with Gasteiger partial charge in [-0.05, 0) is 24.5 Å². The van der Waals surface area contributed by atoms with Crippen molar-refractivity contribution in [2.45, 2.75) is 23.7 Å². The summed E-state index contributed by atoms with van der Waals surface area (Å²) >= 11 is 1.75. The summed E-state index contributed by atoms with van der Waals surface area (Å²) in [6.45, 7) is 1.30. The lowest BCUT2D eigenvalue weighted by Gasteiger charge is -2.32. The number of nitrogens with zero attached hydrogens (tertiary/aromatic N) is 1. The van der Waals surface area contributed by atoms with E-state index in [1.807, 2.05) is 23.1 Å². The zero-order valence-corrected chi connectivity index (χ0v) is 12.1. The van der Waals surface area contributed by atoms with Gasteiger partial charge in [0.05, 0.1) is 5.92 Å². The summed E-state index contributed by atoms with van der Waals surface area (Å²) < 4.78 is 0. The van der Waals surface area contributed by atoms with Gasteiger partial charge in [-0.3, -0.25) is 9.59 Å². The number of thioether (sulfide) groups is 1. The maximum atomic E-state index is 12.6. The number of carbonyl (C=O) groups is 2. The molecule has 106 valence electrons. The van der Waals surface area contributed by atoms with E-state index >= 15 is 0 Å². The first-order valence-electron chi connectivity index (χ1n) is 6.96. The summed E-state index contributed by atoms with van der Waals surface area (Å²) in [5.41, 5.74) is 6.48. The highest BCUT2D eigenvalue weighted by molar-refractivity contribution is 7.99. The maximum absolute atomic E-state index is 12.6. The number of rotatable bonds is 2. The molecule has 0 bridgehead atoms. The maximum Gasteiger partial charge on any atom is 0.231 e. The Hall–Kier alpha value is -1.49. The molecule has 1 fully saturated rings. The molecule has 2 amide bonds. The van der Waals surface area contributed by atoms with Crippen LogP contribution in [0.1, 0.15) is 24.3 Å². The van der Waals surface area contributed by atoms with Gasteiger partial charge in [-0.2, -0.15) is 0 Å². The lowest BCUT2D eigenvalue weighted by molar-refractivity contribution is -0.135. The zero-order chi connectivity index (χ0) is 14.1. The minimum absolute atomic E-state index is 0.0265. The number of primary amides is 1. The highest BCUT2D eigenvalue weighted by Crippen LogP contribution is 2.40. The topological polar surface area (TPSA) is 63.4 Å². The van der Waals surface area contributed by atoms with E-state index in [1.54, 1.807) is 11.8 Å². The van der Waals surface area contributed by atoms with Gasteiger partial charge in [0.25, 0.3) is 0 Å². The van der Waals surface area contributed by atoms with Crippen molar-refractivity contribution in [2.24, 2.45) is 11.7 Å². The SMILES string of the molecule is NC(=O)C1CCN(C(=O)C2CSc3ccccc32)CC1. The third kappa shape index (κ3) is 2.42. The average Bonchev–Trinajstić information content (AvgIpc) is 2.90. The summed E-state index contributed by atoms with van der Waals surface area (Å²) in [5.74, 6) is 0.698. The van der Waals surface area contributed by atoms with Gasteiger partial charge < -0.3 is 10.6 Å². The molecule has 5 heteroatoms. The molecule has 1 unspecified atom stereocenters. The lowest BCUT2D eigenvalue weighted by atomic mass is 9.94. The highest BCUT2D eigenvalue weighted by atomic mass is 32.2. The van der Waals surface area contributed by atoms with Gasteiger partial charge in [-0.15, -0.1) is 11.8 Å². The molecule has 4 nitrogen and oxygen atoms in total. The minimum atomic E-state index is -0.237. The summed E-state index contributed by atoms with van der Waals surface area (Å²) in [5, 5.41) is 0. The number of benzene rings is 1. The predicted octanol–water partition coefficient (Wildman–Crippen LogP) is 1.60. The molecule has 1 saturated heterocycles. The normalized spacial score (nSPS) is 22.6. The van der Waals surface area contributed by atoms with E-state index in [9.17, 15) is 9.59 Å². The number of fused-ring (bicyclic) bond motifs is 1. The van der Waals surface area contributed by atoms with Gasteiger partial charge in [0.15, 0.2) is 0 Å². The summed E-state index contributed by atoms with van der Waals surface area (Å²) in [6, 6.07) is 8.13. The van der Waals surface area contributed by atoms with Gasteiger partial charge in [0.2, 0.25) is 11.8 Å². The molecule has 0 aromatic heterocycles. The number of piperidine rings is 1. The Morgan fingerprint density at radius 3 is 2.60 bits per heavy atom. The smallest absolute Gasteiger partial charge is 0.231 e. The van der Waals surface area contributed by atoms with Gasteiger partial charge in [-0.1, -0.05) is 18.2 Å². The van der Waals surface area contributed by atoms with E-state index in [2.05, 4.69) is 6.07 Å². The monoisotopic (exact) mass is 290 g/mol. The molecule has 2 heterocycles. The zero-order valence-electron chi connectivity index (χ0n) is 11.2. The van der Waals surface area contributed by atoms with Crippen LogP contribution in [0.15, 0.2) is 29.2 Å². The third-order valence-electron chi connectivity index (χ3n) is 4.21. The quantitative estimate of drug-likeness (QED) is 0.900. The summed E-state index contributed by atoms with van der Waals surface area (Å²) in [4.78, 5) is 26.9. The molecule has 2 aliphatic heterocycles. The van der Waals surface area contributed by atoms with E-state index in [-0.39, 0.29) is 23.7 Å². The van der Waals surface area contributed by atoms with E-state index in [0.717, 1.165) is 11.3 Å². The number of carbonyl (C=O) groups excluding carboxylic acids is 2. The fraction of sp³-hybridized carbons (Fsp3) is 0.467. The van der Waals surface area contributed by atoms with Crippen LogP contribution in [0.2, 0.25) is 0 Å². The Morgan fingerprint density at radius 2 is 1.90 bits per heavy atom. The van der Waals surface area contributed by atoms with Gasteiger partial charge >= 0.3 is 0 Å². The molecule has 0 spiro atoms. The standard InChI is InChI=1S/C15H18N2O2S/c16-14(18)10-5-7-17(8-6-10)15(19)12-9-20-13-4-2-1-3-11(12)13/h1-4,10,12H,5-9H2,(H2,16,18). The van der Waals surface area contributed by atoms with Crippen LogP contribution in [0.3, 0.4) is 0 Å². The van der Waals surface area contributed by atoms with Crippen molar-refractivity contribution in [3.63, 3.8) is 0 Å². The first-order chi connectivity index (χ1) is 9.66.